The molecule has 1 unspecified atom stereocenters. The molecule has 0 rings (SSSR count). The molecule has 0 aromatic rings. The van der Waals surface area contributed by atoms with Crippen LogP contribution in [0.1, 0.15) is 303 Å². The van der Waals surface area contributed by atoms with Crippen LogP contribution in [-0.2, 0) is 28.6 Å². The van der Waals surface area contributed by atoms with Crippen molar-refractivity contribution in [2.75, 3.05) is 13.2 Å². The average Bonchev–Trinajstić information content (AvgIpc) is 3.28. The molecule has 0 spiro atoms. The molecule has 0 amide bonds. The van der Waals surface area contributed by atoms with Gasteiger partial charge in [-0.2, -0.15) is 0 Å². The fraction of sp³-hybridized carbons (Fsp3) is 0.877. The Morgan fingerprint density at radius 1 is 0.317 bits per heavy atom. The van der Waals surface area contributed by atoms with Crippen molar-refractivity contribution >= 4 is 17.9 Å². The van der Waals surface area contributed by atoms with Gasteiger partial charge in [-0.05, 0) is 51.4 Å². The molecular formula is C57H106O6. The predicted octanol–water partition coefficient (Wildman–Crippen LogP) is 18.3. The molecule has 0 aromatic heterocycles. The van der Waals surface area contributed by atoms with Crippen LogP contribution in [0.25, 0.3) is 0 Å². The molecule has 0 aliphatic carbocycles. The van der Waals surface area contributed by atoms with Crippen LogP contribution in [0.15, 0.2) is 24.3 Å². The lowest BCUT2D eigenvalue weighted by atomic mass is 10.0. The van der Waals surface area contributed by atoms with E-state index in [1.54, 1.807) is 0 Å². The van der Waals surface area contributed by atoms with E-state index in [9.17, 15) is 14.4 Å². The molecule has 63 heavy (non-hydrogen) atoms. The molecule has 0 aliphatic rings. The summed E-state index contributed by atoms with van der Waals surface area (Å²) in [6.07, 6.45) is 60.3. The van der Waals surface area contributed by atoms with E-state index >= 15 is 0 Å². The molecule has 0 N–H and O–H groups in total. The summed E-state index contributed by atoms with van der Waals surface area (Å²) in [5.41, 5.74) is 0. The van der Waals surface area contributed by atoms with Gasteiger partial charge >= 0.3 is 17.9 Å². The molecule has 1 atom stereocenters. The van der Waals surface area contributed by atoms with Gasteiger partial charge in [-0.3, -0.25) is 14.4 Å². The van der Waals surface area contributed by atoms with Gasteiger partial charge in [0.05, 0.1) is 0 Å². The summed E-state index contributed by atoms with van der Waals surface area (Å²) < 4.78 is 16.8. The fourth-order valence-corrected chi connectivity index (χ4v) is 8.24. The summed E-state index contributed by atoms with van der Waals surface area (Å²) >= 11 is 0. The third kappa shape index (κ3) is 50.7. The first-order chi connectivity index (χ1) is 31.0. The van der Waals surface area contributed by atoms with E-state index in [-0.39, 0.29) is 31.1 Å². The molecule has 0 radical (unpaired) electrons. The normalized spacial score (nSPS) is 12.1. The maximum Gasteiger partial charge on any atom is 0.306 e. The van der Waals surface area contributed by atoms with Gasteiger partial charge in [-0.25, -0.2) is 0 Å². The zero-order valence-corrected chi connectivity index (χ0v) is 42.4. The fourth-order valence-electron chi connectivity index (χ4n) is 8.24. The first-order valence-corrected chi connectivity index (χ1v) is 27.8. The van der Waals surface area contributed by atoms with Crippen LogP contribution < -0.4 is 0 Å². The van der Waals surface area contributed by atoms with Gasteiger partial charge in [0.1, 0.15) is 13.2 Å². The zero-order chi connectivity index (χ0) is 45.8. The van der Waals surface area contributed by atoms with Crippen LogP contribution >= 0.6 is 0 Å². The topological polar surface area (TPSA) is 78.9 Å². The van der Waals surface area contributed by atoms with Crippen LogP contribution in [-0.4, -0.2) is 37.2 Å². The predicted molar refractivity (Wildman–Crippen MR) is 270 cm³/mol. The van der Waals surface area contributed by atoms with Crippen molar-refractivity contribution in [3.8, 4) is 0 Å². The largest absolute Gasteiger partial charge is 0.462 e. The van der Waals surface area contributed by atoms with Crippen molar-refractivity contribution in [1.82, 2.24) is 0 Å². The molecule has 0 saturated carbocycles. The minimum absolute atomic E-state index is 0.0695. The summed E-state index contributed by atoms with van der Waals surface area (Å²) in [6, 6.07) is 0. The lowest BCUT2D eigenvalue weighted by molar-refractivity contribution is -0.167. The van der Waals surface area contributed by atoms with Crippen molar-refractivity contribution in [2.45, 2.75) is 309 Å². The maximum absolute atomic E-state index is 12.8. The standard InChI is InChI=1S/C57H106O6/c1-4-7-10-13-16-19-21-23-25-27-28-30-31-33-35-38-41-44-47-50-56(59)62-53-54(52-61-55(58)49-46-43-40-37-18-15-12-9-6-3)63-57(60)51-48-45-42-39-36-34-32-29-26-24-22-20-17-14-11-8-5-2/h17,20,24,26,54H,4-16,18-19,21-23,25,27-53H2,1-3H3/b20-17-,26-24-. The number of rotatable bonds is 51. The second-order valence-electron chi connectivity index (χ2n) is 18.9. The van der Waals surface area contributed by atoms with E-state index in [1.165, 1.54) is 193 Å². The van der Waals surface area contributed by atoms with E-state index in [2.05, 4.69) is 45.1 Å². The van der Waals surface area contributed by atoms with E-state index in [4.69, 9.17) is 14.2 Å². The van der Waals surface area contributed by atoms with E-state index in [0.29, 0.717) is 19.3 Å². The highest BCUT2D eigenvalue weighted by Gasteiger charge is 2.19. The second-order valence-corrected chi connectivity index (χ2v) is 18.9. The smallest absolute Gasteiger partial charge is 0.306 e. The third-order valence-corrected chi connectivity index (χ3v) is 12.5. The van der Waals surface area contributed by atoms with E-state index in [0.717, 1.165) is 70.6 Å². The van der Waals surface area contributed by atoms with Crippen molar-refractivity contribution in [3.05, 3.63) is 24.3 Å². The SMILES string of the molecule is CCCCC/C=C\C/C=C\CCCCCCCCCC(=O)OC(COC(=O)CCCCCCCCCCC)COC(=O)CCCCCCCCCCCCCCCCCCCCC. The Bertz CT molecular complexity index is 1020. The molecule has 0 aromatic carbocycles. The molecule has 0 saturated heterocycles. The average molecular weight is 887 g/mol. The van der Waals surface area contributed by atoms with Gasteiger partial charge in [-0.1, -0.05) is 257 Å². The van der Waals surface area contributed by atoms with E-state index in [1.807, 2.05) is 0 Å². The molecule has 0 fully saturated rings. The summed E-state index contributed by atoms with van der Waals surface area (Å²) in [6.45, 7) is 6.63. The number of unbranched alkanes of at least 4 members (excludes halogenated alkanes) is 36. The van der Waals surface area contributed by atoms with Gasteiger partial charge in [0.2, 0.25) is 0 Å². The lowest BCUT2D eigenvalue weighted by Gasteiger charge is -2.18. The number of ether oxygens (including phenoxy) is 3. The van der Waals surface area contributed by atoms with Gasteiger partial charge in [0.15, 0.2) is 6.10 Å². The molecular weight excluding hydrogens is 781 g/mol. The number of carbonyl (C=O) groups is 3. The Kier molecular flexibility index (Phi) is 50.8. The molecule has 6 heteroatoms. The zero-order valence-electron chi connectivity index (χ0n) is 42.4. The van der Waals surface area contributed by atoms with Crippen molar-refractivity contribution in [2.24, 2.45) is 0 Å². The number of allylic oxidation sites excluding steroid dienone is 4. The highest BCUT2D eigenvalue weighted by Crippen LogP contribution is 2.17. The summed E-state index contributed by atoms with van der Waals surface area (Å²) in [5, 5.41) is 0. The van der Waals surface area contributed by atoms with Crippen molar-refractivity contribution < 1.29 is 28.6 Å². The third-order valence-electron chi connectivity index (χ3n) is 12.5. The quantitative estimate of drug-likeness (QED) is 0.0262. The molecule has 0 heterocycles. The minimum atomic E-state index is -0.769. The summed E-state index contributed by atoms with van der Waals surface area (Å²) in [7, 11) is 0. The lowest BCUT2D eigenvalue weighted by Crippen LogP contribution is -2.30. The monoisotopic (exact) mass is 887 g/mol. The van der Waals surface area contributed by atoms with Gasteiger partial charge < -0.3 is 14.2 Å². The van der Waals surface area contributed by atoms with Gasteiger partial charge in [0.25, 0.3) is 0 Å². The summed E-state index contributed by atoms with van der Waals surface area (Å²) in [4.78, 5) is 38.0. The van der Waals surface area contributed by atoms with Gasteiger partial charge in [0, 0.05) is 19.3 Å². The Morgan fingerprint density at radius 3 is 0.905 bits per heavy atom. The first-order valence-electron chi connectivity index (χ1n) is 27.8. The van der Waals surface area contributed by atoms with Crippen molar-refractivity contribution in [1.29, 1.82) is 0 Å². The van der Waals surface area contributed by atoms with E-state index < -0.39 is 6.10 Å². The second kappa shape index (κ2) is 52.5. The van der Waals surface area contributed by atoms with Crippen LogP contribution in [0.5, 0.6) is 0 Å². The Labute approximate surface area is 392 Å². The molecule has 0 bridgehead atoms. The highest BCUT2D eigenvalue weighted by atomic mass is 16.6. The van der Waals surface area contributed by atoms with Crippen LogP contribution in [0.4, 0.5) is 0 Å². The van der Waals surface area contributed by atoms with Crippen LogP contribution in [0.3, 0.4) is 0 Å². The number of hydrogen-bond acceptors (Lipinski definition) is 6. The first kappa shape index (κ1) is 60.9. The Morgan fingerprint density at radius 2 is 0.571 bits per heavy atom. The maximum atomic E-state index is 12.8. The number of hydrogen-bond donors (Lipinski definition) is 0. The summed E-state index contributed by atoms with van der Waals surface area (Å²) in [5.74, 6) is -0.862. The Hall–Kier alpha value is -2.11. The number of carbonyl (C=O) groups excluding carboxylic acids is 3. The molecule has 370 valence electrons. The minimum Gasteiger partial charge on any atom is -0.462 e. The van der Waals surface area contributed by atoms with Crippen LogP contribution in [0, 0.1) is 0 Å². The Balaban J connectivity index is 4.25. The number of esters is 3. The molecule has 6 nitrogen and oxygen atoms in total. The highest BCUT2D eigenvalue weighted by molar-refractivity contribution is 5.71. The van der Waals surface area contributed by atoms with Gasteiger partial charge in [-0.15, -0.1) is 0 Å². The molecule has 0 aliphatic heterocycles. The van der Waals surface area contributed by atoms with Crippen molar-refractivity contribution in [3.63, 3.8) is 0 Å². The van der Waals surface area contributed by atoms with Crippen LogP contribution in [0.2, 0.25) is 0 Å².